The number of hydrogen-bond acceptors (Lipinski definition) is 5. The maximum atomic E-state index is 12.5. The van der Waals surface area contributed by atoms with E-state index in [0.717, 1.165) is 44.9 Å². The van der Waals surface area contributed by atoms with Gasteiger partial charge in [-0.1, -0.05) is 289 Å². The number of esters is 1. The molecule has 0 radical (unpaired) electrons. The number of nitrogens with one attached hydrogen (secondary N) is 1. The first-order chi connectivity index (χ1) is 33.0. The normalized spacial score (nSPS) is 12.6. The summed E-state index contributed by atoms with van der Waals surface area (Å²) in [5, 5.41) is 23.3. The number of carbonyl (C=O) groups is 2. The summed E-state index contributed by atoms with van der Waals surface area (Å²) in [7, 11) is 0. The Bertz CT molecular complexity index is 1000. The first kappa shape index (κ1) is 65.6. The highest BCUT2D eigenvalue weighted by molar-refractivity contribution is 5.76. The molecule has 6 heteroatoms. The van der Waals surface area contributed by atoms with Crippen LogP contribution in [0.25, 0.3) is 0 Å². The fourth-order valence-electron chi connectivity index (χ4n) is 9.64. The van der Waals surface area contributed by atoms with Gasteiger partial charge in [0.15, 0.2) is 0 Å². The Balaban J connectivity index is 3.42. The molecule has 2 atom stereocenters. The van der Waals surface area contributed by atoms with Crippen LogP contribution in [-0.4, -0.2) is 47.4 Å². The Hall–Kier alpha value is -1.40. The molecule has 1 amide bonds. The van der Waals surface area contributed by atoms with Crippen LogP contribution in [0.4, 0.5) is 0 Å². The topological polar surface area (TPSA) is 95.9 Å². The van der Waals surface area contributed by atoms with Crippen molar-refractivity contribution < 1.29 is 24.5 Å². The lowest BCUT2D eigenvalue weighted by Gasteiger charge is -2.22. The minimum atomic E-state index is -0.669. The molecule has 0 saturated carbocycles. The van der Waals surface area contributed by atoms with Crippen molar-refractivity contribution in [1.29, 1.82) is 0 Å². The molecule has 6 nitrogen and oxygen atoms in total. The van der Waals surface area contributed by atoms with Gasteiger partial charge < -0.3 is 20.3 Å². The molecule has 0 aliphatic rings. The van der Waals surface area contributed by atoms with Crippen molar-refractivity contribution in [2.75, 3.05) is 13.2 Å². The van der Waals surface area contributed by atoms with Gasteiger partial charge in [0.05, 0.1) is 25.4 Å². The molecule has 0 aliphatic carbocycles. The SMILES string of the molecule is CCCCCCCC/C=C\CCCCCCCC(=O)OCCCCCCCCCCCCCCCCCCC(=O)NC(CO)C(O)CCCCCCCCCCCCCCCCCCCCC. The van der Waals surface area contributed by atoms with E-state index in [1.165, 1.54) is 263 Å². The second kappa shape index (κ2) is 57.2. The molecule has 398 valence electrons. The molecule has 0 aromatic rings. The van der Waals surface area contributed by atoms with Gasteiger partial charge in [0.2, 0.25) is 5.91 Å². The molecule has 0 fully saturated rings. The van der Waals surface area contributed by atoms with Gasteiger partial charge in [0.1, 0.15) is 0 Å². The van der Waals surface area contributed by atoms with Crippen molar-refractivity contribution in [3.63, 3.8) is 0 Å². The Morgan fingerprint density at radius 2 is 0.701 bits per heavy atom. The highest BCUT2D eigenvalue weighted by atomic mass is 16.5. The Labute approximate surface area is 419 Å². The highest BCUT2D eigenvalue weighted by Gasteiger charge is 2.20. The smallest absolute Gasteiger partial charge is 0.305 e. The van der Waals surface area contributed by atoms with Gasteiger partial charge >= 0.3 is 5.97 Å². The van der Waals surface area contributed by atoms with Crippen LogP contribution in [0, 0.1) is 0 Å². The first-order valence-electron chi connectivity index (χ1n) is 30.4. The molecule has 3 N–H and O–H groups in total. The molecule has 0 heterocycles. The second-order valence-corrected chi connectivity index (χ2v) is 21.0. The van der Waals surface area contributed by atoms with Crippen LogP contribution in [0.15, 0.2) is 12.2 Å². The van der Waals surface area contributed by atoms with Gasteiger partial charge in [-0.05, 0) is 51.4 Å². The summed E-state index contributed by atoms with van der Waals surface area (Å²) in [4.78, 5) is 24.6. The minimum Gasteiger partial charge on any atom is -0.466 e. The number of amides is 1. The largest absolute Gasteiger partial charge is 0.466 e. The highest BCUT2D eigenvalue weighted by Crippen LogP contribution is 2.18. The molecule has 0 aromatic carbocycles. The van der Waals surface area contributed by atoms with Crippen molar-refractivity contribution in [2.24, 2.45) is 0 Å². The lowest BCUT2D eigenvalue weighted by molar-refractivity contribution is -0.143. The van der Waals surface area contributed by atoms with E-state index in [1.54, 1.807) is 0 Å². The fourth-order valence-corrected chi connectivity index (χ4v) is 9.64. The van der Waals surface area contributed by atoms with E-state index in [2.05, 4.69) is 31.3 Å². The van der Waals surface area contributed by atoms with E-state index in [0.29, 0.717) is 25.9 Å². The monoisotopic (exact) mass is 946 g/mol. The van der Waals surface area contributed by atoms with Gasteiger partial charge in [-0.3, -0.25) is 9.59 Å². The van der Waals surface area contributed by atoms with E-state index in [1.807, 2.05) is 0 Å². The number of carbonyl (C=O) groups excluding carboxylic acids is 2. The standard InChI is InChI=1S/C61H119NO5/c1-3-5-7-9-11-13-15-17-19-20-21-22-26-29-33-37-41-45-49-53-59(64)58(57-63)62-60(65)54-50-46-42-38-34-30-27-23-24-28-32-36-40-44-48-52-56-67-61(66)55-51-47-43-39-35-31-25-18-16-14-12-10-8-6-4-2/h18,25,58-59,63-64H,3-17,19-24,26-57H2,1-2H3,(H,62,65)/b25-18-. The molecule has 67 heavy (non-hydrogen) atoms. The fraction of sp³-hybridized carbons (Fsp3) is 0.934. The van der Waals surface area contributed by atoms with Crippen LogP contribution in [0.2, 0.25) is 0 Å². The maximum Gasteiger partial charge on any atom is 0.305 e. The average molecular weight is 947 g/mol. The summed E-state index contributed by atoms with van der Waals surface area (Å²) in [5.41, 5.74) is 0. The first-order valence-corrected chi connectivity index (χ1v) is 30.4. The van der Waals surface area contributed by atoms with Crippen LogP contribution < -0.4 is 5.32 Å². The van der Waals surface area contributed by atoms with Crippen molar-refractivity contribution in [3.05, 3.63) is 12.2 Å². The lowest BCUT2D eigenvalue weighted by atomic mass is 10.0. The third-order valence-corrected chi connectivity index (χ3v) is 14.3. The van der Waals surface area contributed by atoms with Gasteiger partial charge in [-0.25, -0.2) is 0 Å². The van der Waals surface area contributed by atoms with Crippen LogP contribution in [-0.2, 0) is 14.3 Å². The second-order valence-electron chi connectivity index (χ2n) is 21.0. The average Bonchev–Trinajstić information content (AvgIpc) is 3.33. The summed E-state index contributed by atoms with van der Waals surface area (Å²) in [6.45, 7) is 4.96. The number of unbranched alkanes of at least 4 members (excludes halogenated alkanes) is 44. The molecular weight excluding hydrogens is 827 g/mol. The summed E-state index contributed by atoms with van der Waals surface area (Å²) < 4.78 is 5.48. The molecule has 0 spiro atoms. The summed E-state index contributed by atoms with van der Waals surface area (Å²) in [5.74, 6) is -0.0423. The predicted octanol–water partition coefficient (Wildman–Crippen LogP) is 18.9. The third kappa shape index (κ3) is 53.8. The molecule has 0 aromatic heterocycles. The third-order valence-electron chi connectivity index (χ3n) is 14.3. The summed E-state index contributed by atoms with van der Waals surface area (Å²) >= 11 is 0. The lowest BCUT2D eigenvalue weighted by Crippen LogP contribution is -2.45. The van der Waals surface area contributed by atoms with E-state index >= 15 is 0 Å². The van der Waals surface area contributed by atoms with Crippen LogP contribution in [0.5, 0.6) is 0 Å². The number of hydrogen-bond donors (Lipinski definition) is 3. The number of aliphatic hydroxyl groups is 2. The van der Waals surface area contributed by atoms with Gasteiger partial charge in [0, 0.05) is 12.8 Å². The van der Waals surface area contributed by atoms with Gasteiger partial charge in [-0.2, -0.15) is 0 Å². The van der Waals surface area contributed by atoms with E-state index < -0.39 is 12.1 Å². The Morgan fingerprint density at radius 3 is 1.06 bits per heavy atom. The van der Waals surface area contributed by atoms with Crippen LogP contribution in [0.3, 0.4) is 0 Å². The number of ether oxygens (including phenoxy) is 1. The van der Waals surface area contributed by atoms with Gasteiger partial charge in [0.25, 0.3) is 0 Å². The molecule has 0 aliphatic heterocycles. The van der Waals surface area contributed by atoms with E-state index in [4.69, 9.17) is 4.74 Å². The number of rotatable bonds is 57. The number of aliphatic hydroxyl groups excluding tert-OH is 2. The molecule has 0 saturated heterocycles. The maximum absolute atomic E-state index is 12.5. The van der Waals surface area contributed by atoms with E-state index in [-0.39, 0.29) is 18.5 Å². The summed E-state index contributed by atoms with van der Waals surface area (Å²) in [6.07, 6.45) is 67.8. The predicted molar refractivity (Wildman–Crippen MR) is 292 cm³/mol. The van der Waals surface area contributed by atoms with Crippen LogP contribution in [0.1, 0.15) is 341 Å². The Morgan fingerprint density at radius 1 is 0.403 bits per heavy atom. The zero-order chi connectivity index (χ0) is 48.6. The Kier molecular flexibility index (Phi) is 56.0. The van der Waals surface area contributed by atoms with E-state index in [9.17, 15) is 19.8 Å². The van der Waals surface area contributed by atoms with Crippen molar-refractivity contribution >= 4 is 11.9 Å². The van der Waals surface area contributed by atoms with Crippen molar-refractivity contribution in [1.82, 2.24) is 5.32 Å². The number of allylic oxidation sites excluding steroid dienone is 2. The quantitative estimate of drug-likeness (QED) is 0.0321. The molecule has 0 bridgehead atoms. The van der Waals surface area contributed by atoms with Crippen molar-refractivity contribution in [3.8, 4) is 0 Å². The summed E-state index contributed by atoms with van der Waals surface area (Å²) in [6, 6.07) is -0.547. The van der Waals surface area contributed by atoms with Gasteiger partial charge in [-0.15, -0.1) is 0 Å². The molecule has 0 rings (SSSR count). The zero-order valence-corrected chi connectivity index (χ0v) is 45.4. The molecule has 2 unspecified atom stereocenters. The molecular formula is C61H119NO5. The minimum absolute atomic E-state index is 0.00376. The van der Waals surface area contributed by atoms with Crippen molar-refractivity contribution in [2.45, 2.75) is 353 Å². The zero-order valence-electron chi connectivity index (χ0n) is 45.4. The van der Waals surface area contributed by atoms with Crippen LogP contribution >= 0.6 is 0 Å².